The lowest BCUT2D eigenvalue weighted by molar-refractivity contribution is 0.167. The smallest absolute Gasteiger partial charge is 0.00162 e. The first-order valence-electron chi connectivity index (χ1n) is 6.35. The van der Waals surface area contributed by atoms with Crippen molar-refractivity contribution in [3.05, 3.63) is 0 Å². The molecule has 1 nitrogen and oxygen atoms in total. The van der Waals surface area contributed by atoms with Crippen LogP contribution in [0.25, 0.3) is 0 Å². The zero-order valence-corrected chi connectivity index (χ0v) is 10.4. The van der Waals surface area contributed by atoms with E-state index in [4.69, 9.17) is 0 Å². The van der Waals surface area contributed by atoms with E-state index in [-0.39, 0.29) is 0 Å². The molecule has 1 atom stereocenters. The van der Waals surface area contributed by atoms with E-state index >= 15 is 0 Å². The summed E-state index contributed by atoms with van der Waals surface area (Å²) in [5.74, 6) is 2.78. The second kappa shape index (κ2) is 5.75. The van der Waals surface area contributed by atoms with Crippen LogP contribution in [0.4, 0.5) is 0 Å². The highest BCUT2D eigenvalue weighted by atomic mass is 15.1. The molecule has 1 heterocycles. The lowest BCUT2D eigenvalue weighted by Crippen LogP contribution is -2.34. The van der Waals surface area contributed by atoms with Gasteiger partial charge in [-0.2, -0.15) is 0 Å². The first-order chi connectivity index (χ1) is 6.63. The Morgan fingerprint density at radius 1 is 1.14 bits per heavy atom. The minimum absolute atomic E-state index is 0.860. The third kappa shape index (κ3) is 3.61. The zero-order valence-electron chi connectivity index (χ0n) is 10.4. The molecule has 1 rings (SSSR count). The van der Waals surface area contributed by atoms with Gasteiger partial charge in [0.05, 0.1) is 0 Å². The van der Waals surface area contributed by atoms with Crippen molar-refractivity contribution in [2.75, 3.05) is 19.6 Å². The van der Waals surface area contributed by atoms with Gasteiger partial charge < -0.3 is 4.90 Å². The lowest BCUT2D eigenvalue weighted by atomic mass is 9.83. The molecule has 0 aliphatic carbocycles. The summed E-state index contributed by atoms with van der Waals surface area (Å²) in [6.07, 6.45) is 4.32. The Balaban J connectivity index is 2.22. The molecule has 1 aliphatic rings. The first-order valence-corrected chi connectivity index (χ1v) is 6.35. The molecule has 0 amide bonds. The average molecular weight is 197 g/mol. The number of rotatable bonds is 4. The molecule has 1 saturated heterocycles. The van der Waals surface area contributed by atoms with Crippen LogP contribution >= 0.6 is 0 Å². The second-order valence-electron chi connectivity index (χ2n) is 5.33. The van der Waals surface area contributed by atoms with Crippen LogP contribution in [0.5, 0.6) is 0 Å². The standard InChI is InChI=1S/C13H27N/c1-5-14-8-6-13(7-9-14)10-12(4)11(2)3/h11-13H,5-10H2,1-4H3. The van der Waals surface area contributed by atoms with Gasteiger partial charge in [-0.15, -0.1) is 0 Å². The van der Waals surface area contributed by atoms with Gasteiger partial charge in [-0.1, -0.05) is 27.7 Å². The first kappa shape index (κ1) is 12.0. The Hall–Kier alpha value is -0.0400. The molecule has 0 aromatic heterocycles. The summed E-state index contributed by atoms with van der Waals surface area (Å²) in [7, 11) is 0. The molecule has 84 valence electrons. The van der Waals surface area contributed by atoms with Gasteiger partial charge in [0.2, 0.25) is 0 Å². The predicted molar refractivity (Wildman–Crippen MR) is 63.5 cm³/mol. The third-order valence-electron chi connectivity index (χ3n) is 4.00. The van der Waals surface area contributed by atoms with E-state index in [1.807, 2.05) is 0 Å². The maximum absolute atomic E-state index is 2.58. The van der Waals surface area contributed by atoms with Crippen LogP contribution in [0, 0.1) is 17.8 Å². The minimum Gasteiger partial charge on any atom is -0.304 e. The van der Waals surface area contributed by atoms with Crippen LogP contribution < -0.4 is 0 Å². The van der Waals surface area contributed by atoms with Crippen LogP contribution in [0.15, 0.2) is 0 Å². The fourth-order valence-electron chi connectivity index (χ4n) is 2.34. The van der Waals surface area contributed by atoms with Crippen LogP contribution in [-0.2, 0) is 0 Å². The average Bonchev–Trinajstić information content (AvgIpc) is 2.19. The van der Waals surface area contributed by atoms with Crippen LogP contribution in [-0.4, -0.2) is 24.5 Å². The summed E-state index contributed by atoms with van der Waals surface area (Å²) < 4.78 is 0. The van der Waals surface area contributed by atoms with E-state index in [0.717, 1.165) is 17.8 Å². The number of hydrogen-bond acceptors (Lipinski definition) is 1. The molecule has 0 bridgehead atoms. The van der Waals surface area contributed by atoms with E-state index in [2.05, 4.69) is 32.6 Å². The lowest BCUT2D eigenvalue weighted by Gasteiger charge is -2.33. The second-order valence-corrected chi connectivity index (χ2v) is 5.33. The highest BCUT2D eigenvalue weighted by Gasteiger charge is 2.20. The summed E-state index contributed by atoms with van der Waals surface area (Å²) in [6.45, 7) is 13.3. The van der Waals surface area contributed by atoms with Crippen LogP contribution in [0.3, 0.4) is 0 Å². The van der Waals surface area contributed by atoms with Crippen molar-refractivity contribution in [3.8, 4) is 0 Å². The fourth-order valence-corrected chi connectivity index (χ4v) is 2.34. The van der Waals surface area contributed by atoms with Crippen molar-refractivity contribution in [3.63, 3.8) is 0 Å². The van der Waals surface area contributed by atoms with Crippen molar-refractivity contribution in [2.45, 2.75) is 47.0 Å². The molecule has 1 fully saturated rings. The van der Waals surface area contributed by atoms with Crippen LogP contribution in [0.2, 0.25) is 0 Å². The van der Waals surface area contributed by atoms with Crippen molar-refractivity contribution < 1.29 is 0 Å². The number of piperidine rings is 1. The van der Waals surface area contributed by atoms with Gasteiger partial charge in [0.15, 0.2) is 0 Å². The highest BCUT2D eigenvalue weighted by Crippen LogP contribution is 2.27. The van der Waals surface area contributed by atoms with Gasteiger partial charge in [-0.3, -0.25) is 0 Å². The summed E-state index contributed by atoms with van der Waals surface area (Å²) in [4.78, 5) is 2.58. The van der Waals surface area contributed by atoms with E-state index in [1.165, 1.54) is 38.9 Å². The molecule has 1 unspecified atom stereocenters. The molecular formula is C13H27N. The number of likely N-dealkylation sites (tertiary alicyclic amines) is 1. The zero-order chi connectivity index (χ0) is 10.6. The normalized spacial score (nSPS) is 22.9. The Morgan fingerprint density at radius 2 is 1.71 bits per heavy atom. The van der Waals surface area contributed by atoms with Gasteiger partial charge >= 0.3 is 0 Å². The van der Waals surface area contributed by atoms with Crippen molar-refractivity contribution >= 4 is 0 Å². The van der Waals surface area contributed by atoms with Crippen LogP contribution in [0.1, 0.15) is 47.0 Å². The topological polar surface area (TPSA) is 3.24 Å². The van der Waals surface area contributed by atoms with Crippen molar-refractivity contribution in [1.82, 2.24) is 4.90 Å². The van der Waals surface area contributed by atoms with E-state index in [9.17, 15) is 0 Å². The highest BCUT2D eigenvalue weighted by molar-refractivity contribution is 4.73. The maximum Gasteiger partial charge on any atom is -0.00162 e. The summed E-state index contributed by atoms with van der Waals surface area (Å²) >= 11 is 0. The molecule has 1 aliphatic heterocycles. The molecule has 1 heteroatoms. The van der Waals surface area contributed by atoms with Crippen molar-refractivity contribution in [2.24, 2.45) is 17.8 Å². The van der Waals surface area contributed by atoms with E-state index in [1.54, 1.807) is 0 Å². The van der Waals surface area contributed by atoms with E-state index in [0.29, 0.717) is 0 Å². The Kier molecular flexibility index (Phi) is 4.94. The summed E-state index contributed by atoms with van der Waals surface area (Å²) in [6, 6.07) is 0. The van der Waals surface area contributed by atoms with Gasteiger partial charge in [-0.25, -0.2) is 0 Å². The molecule has 0 spiro atoms. The monoisotopic (exact) mass is 197 g/mol. The van der Waals surface area contributed by atoms with Gasteiger partial charge in [-0.05, 0) is 56.7 Å². The molecule has 14 heavy (non-hydrogen) atoms. The molecule has 0 saturated carbocycles. The Labute approximate surface area is 89.9 Å². The fraction of sp³-hybridized carbons (Fsp3) is 1.00. The SMILES string of the molecule is CCN1CCC(CC(C)C(C)C)CC1. The predicted octanol–water partition coefficient (Wildman–Crippen LogP) is 3.40. The molecule has 0 radical (unpaired) electrons. The van der Waals surface area contributed by atoms with Gasteiger partial charge in [0.25, 0.3) is 0 Å². The molecule has 0 aromatic rings. The quantitative estimate of drug-likeness (QED) is 0.667. The molecular weight excluding hydrogens is 170 g/mol. The summed E-state index contributed by atoms with van der Waals surface area (Å²) in [5, 5.41) is 0. The third-order valence-corrected chi connectivity index (χ3v) is 4.00. The summed E-state index contributed by atoms with van der Waals surface area (Å²) in [5.41, 5.74) is 0. The van der Waals surface area contributed by atoms with Crippen molar-refractivity contribution in [1.29, 1.82) is 0 Å². The van der Waals surface area contributed by atoms with E-state index < -0.39 is 0 Å². The number of nitrogens with zero attached hydrogens (tertiary/aromatic N) is 1. The molecule has 0 aromatic carbocycles. The Morgan fingerprint density at radius 3 is 2.14 bits per heavy atom. The molecule has 0 N–H and O–H groups in total. The Bertz CT molecular complexity index is 145. The largest absolute Gasteiger partial charge is 0.304 e. The maximum atomic E-state index is 2.58. The van der Waals surface area contributed by atoms with Gasteiger partial charge in [0.1, 0.15) is 0 Å². The minimum atomic E-state index is 0.860. The number of hydrogen-bond donors (Lipinski definition) is 0. The van der Waals surface area contributed by atoms with Gasteiger partial charge in [0, 0.05) is 0 Å².